The molecule has 0 rings (SSSR count). The maximum Gasteiger partial charge on any atom is 0.519 e. The van der Waals surface area contributed by atoms with E-state index in [9.17, 15) is 9.36 Å². The van der Waals surface area contributed by atoms with Crippen LogP contribution >= 0.6 is 7.80 Å². The van der Waals surface area contributed by atoms with Crippen LogP contribution in [0.15, 0.2) is 12.7 Å². The molecule has 0 spiro atoms. The Hall–Kier alpha value is -0.610. The third-order valence-electron chi connectivity index (χ3n) is 4.47. The van der Waals surface area contributed by atoms with Crippen LogP contribution in [0.1, 0.15) is 97.8 Å². The third-order valence-corrected chi connectivity index (χ3v) is 5.94. The lowest BCUT2D eigenvalue weighted by Gasteiger charge is -2.23. The number of allylic oxidation sites excluding steroid dienone is 1. The molecule has 0 aromatic rings. The molecule has 1 atom stereocenters. The van der Waals surface area contributed by atoms with Gasteiger partial charge in [-0.3, -0.25) is 14.2 Å². The molecule has 0 aliphatic heterocycles. The fourth-order valence-electron chi connectivity index (χ4n) is 2.71. The Kier molecular flexibility index (Phi) is 18.0. The van der Waals surface area contributed by atoms with Gasteiger partial charge < -0.3 is 0 Å². The number of carbonyl (C=O) groups excluding carboxylic acids is 1. The Morgan fingerprint density at radius 3 is 1.39 bits per heavy atom. The fourth-order valence-corrected chi connectivity index (χ4v) is 3.77. The number of hydrogen-bond acceptors (Lipinski definition) is 5. The van der Waals surface area contributed by atoms with E-state index in [1.807, 2.05) is 0 Å². The predicted octanol–water partition coefficient (Wildman–Crippen LogP) is 6.93. The summed E-state index contributed by atoms with van der Waals surface area (Å²) in [5.41, 5.74) is -2.38. The van der Waals surface area contributed by atoms with Crippen molar-refractivity contribution >= 4 is 13.3 Å². The van der Waals surface area contributed by atoms with E-state index in [0.29, 0.717) is 19.8 Å². The van der Waals surface area contributed by atoms with E-state index in [0.717, 1.165) is 83.1 Å². The van der Waals surface area contributed by atoms with Crippen molar-refractivity contribution in [2.24, 2.45) is 0 Å². The van der Waals surface area contributed by atoms with Crippen molar-refractivity contribution in [1.82, 2.24) is 0 Å². The molecule has 1 unspecified atom stereocenters. The number of ether oxygens (including phenoxy) is 3. The van der Waals surface area contributed by atoms with Gasteiger partial charge in [-0.15, -0.1) is 0 Å². The molecule has 0 N–H and O–H groups in total. The van der Waals surface area contributed by atoms with E-state index >= 15 is 0 Å². The summed E-state index contributed by atoms with van der Waals surface area (Å²) in [5, 5.41) is 0. The lowest BCUT2D eigenvalue weighted by atomic mass is 10.2. The first-order chi connectivity index (χ1) is 13.6. The Labute approximate surface area is 173 Å². The molecule has 5 nitrogen and oxygen atoms in total. The van der Waals surface area contributed by atoms with Crippen molar-refractivity contribution in [2.75, 3.05) is 19.8 Å². The predicted molar refractivity (Wildman–Crippen MR) is 116 cm³/mol. The fraction of sp³-hybridized carbons (Fsp3) is 0.864. The second-order valence-electron chi connectivity index (χ2n) is 7.09. The van der Waals surface area contributed by atoms with E-state index < -0.39 is 19.0 Å². The zero-order chi connectivity index (χ0) is 21.1. The van der Waals surface area contributed by atoms with E-state index in [1.54, 1.807) is 0 Å². The Balaban J connectivity index is 5.05. The van der Waals surface area contributed by atoms with Gasteiger partial charge in [0.15, 0.2) is 0 Å². The van der Waals surface area contributed by atoms with Crippen LogP contribution in [0, 0.1) is 0 Å². The SMILES string of the molecule is C=CC(=O)[P+](=O)C(OCCCCCC)(OCCCCCC)OCCCCCC. The van der Waals surface area contributed by atoms with Crippen LogP contribution in [-0.2, 0) is 23.6 Å². The number of carbonyl (C=O) groups is 1. The normalized spacial score (nSPS) is 12.2. The van der Waals surface area contributed by atoms with E-state index in [1.165, 1.54) is 0 Å². The Morgan fingerprint density at radius 1 is 0.750 bits per heavy atom. The van der Waals surface area contributed by atoms with Crippen LogP contribution in [0.5, 0.6) is 0 Å². The quantitative estimate of drug-likeness (QED) is 0.0877. The van der Waals surface area contributed by atoms with E-state index in [2.05, 4.69) is 27.4 Å². The summed E-state index contributed by atoms with van der Waals surface area (Å²) in [6.45, 7) is 11.0. The minimum Gasteiger partial charge on any atom is -0.285 e. The van der Waals surface area contributed by atoms with Gasteiger partial charge in [0.2, 0.25) is 0 Å². The lowest BCUT2D eigenvalue weighted by molar-refractivity contribution is -0.323. The maximum absolute atomic E-state index is 12.9. The molecule has 0 amide bonds. The molecule has 0 saturated heterocycles. The average Bonchev–Trinajstić information content (AvgIpc) is 2.71. The highest BCUT2D eigenvalue weighted by Gasteiger charge is 2.59. The van der Waals surface area contributed by atoms with Crippen molar-refractivity contribution in [3.8, 4) is 0 Å². The van der Waals surface area contributed by atoms with Crippen molar-refractivity contribution in [3.63, 3.8) is 0 Å². The van der Waals surface area contributed by atoms with Gasteiger partial charge in [0.25, 0.3) is 0 Å². The molecular formula is C22H42O5P+. The molecule has 0 aromatic carbocycles. The van der Waals surface area contributed by atoms with Gasteiger partial charge in [-0.05, 0) is 19.3 Å². The zero-order valence-corrected chi connectivity index (χ0v) is 19.3. The summed E-state index contributed by atoms with van der Waals surface area (Å²) in [4.78, 5) is 12.1. The van der Waals surface area contributed by atoms with Gasteiger partial charge in [0, 0.05) is 6.08 Å². The van der Waals surface area contributed by atoms with Crippen LogP contribution in [0.25, 0.3) is 0 Å². The number of rotatable bonds is 21. The van der Waals surface area contributed by atoms with E-state index in [4.69, 9.17) is 14.2 Å². The van der Waals surface area contributed by atoms with Crippen molar-refractivity contribution in [3.05, 3.63) is 12.7 Å². The van der Waals surface area contributed by atoms with Crippen molar-refractivity contribution in [1.29, 1.82) is 0 Å². The molecule has 0 bridgehead atoms. The molecule has 0 heterocycles. The van der Waals surface area contributed by atoms with Gasteiger partial charge >= 0.3 is 19.0 Å². The van der Waals surface area contributed by atoms with Crippen LogP contribution < -0.4 is 0 Å². The largest absolute Gasteiger partial charge is 0.519 e. The summed E-state index contributed by atoms with van der Waals surface area (Å²) in [6, 6.07) is 0. The van der Waals surface area contributed by atoms with Crippen LogP contribution in [0.4, 0.5) is 0 Å². The van der Waals surface area contributed by atoms with E-state index in [-0.39, 0.29) is 0 Å². The molecule has 28 heavy (non-hydrogen) atoms. The highest BCUT2D eigenvalue weighted by Crippen LogP contribution is 2.44. The smallest absolute Gasteiger partial charge is 0.285 e. The molecule has 0 aliphatic rings. The Bertz CT molecular complexity index is 389. The van der Waals surface area contributed by atoms with Gasteiger partial charge in [-0.25, -0.2) is 4.79 Å². The first-order valence-electron chi connectivity index (χ1n) is 11.1. The highest BCUT2D eigenvalue weighted by molar-refractivity contribution is 7.65. The molecule has 0 saturated carbocycles. The summed E-state index contributed by atoms with van der Waals surface area (Å²) in [5.74, 6) is 0. The maximum atomic E-state index is 12.9. The second-order valence-corrected chi connectivity index (χ2v) is 8.67. The average molecular weight is 418 g/mol. The lowest BCUT2D eigenvalue weighted by Crippen LogP contribution is -2.38. The first-order valence-corrected chi connectivity index (χ1v) is 12.4. The summed E-state index contributed by atoms with van der Waals surface area (Å²) < 4.78 is 30.5. The van der Waals surface area contributed by atoms with Gasteiger partial charge in [-0.2, -0.15) is 0 Å². The molecule has 0 aromatic heterocycles. The zero-order valence-electron chi connectivity index (χ0n) is 18.4. The van der Waals surface area contributed by atoms with Gasteiger partial charge in [0.05, 0.1) is 19.8 Å². The van der Waals surface area contributed by atoms with Crippen LogP contribution in [0.2, 0.25) is 0 Å². The minimum absolute atomic E-state index is 0.357. The molecule has 0 aliphatic carbocycles. The third kappa shape index (κ3) is 12.1. The Morgan fingerprint density at radius 2 is 1.11 bits per heavy atom. The monoisotopic (exact) mass is 417 g/mol. The van der Waals surface area contributed by atoms with Crippen LogP contribution in [0.3, 0.4) is 0 Å². The molecule has 6 heteroatoms. The molecule has 0 radical (unpaired) electrons. The standard InChI is InChI=1S/C22H42O5P/c1-5-9-12-15-18-25-22(28(24)21(23)8-4,26-19-16-13-10-6-2)27-20-17-14-11-7-3/h8H,4-7,9-20H2,1-3H3/q+1. The summed E-state index contributed by atoms with van der Waals surface area (Å²) >= 11 is 0. The highest BCUT2D eigenvalue weighted by atomic mass is 31.1. The molecule has 164 valence electrons. The number of hydrogen-bond donors (Lipinski definition) is 0. The van der Waals surface area contributed by atoms with Crippen molar-refractivity contribution < 1.29 is 23.6 Å². The first kappa shape index (κ1) is 27.4. The topological polar surface area (TPSA) is 61.8 Å². The summed E-state index contributed by atoms with van der Waals surface area (Å²) in [7, 11) is -2.54. The molecular weight excluding hydrogens is 375 g/mol. The number of unbranched alkanes of at least 4 members (excludes halogenated alkanes) is 9. The van der Waals surface area contributed by atoms with Gasteiger partial charge in [0.1, 0.15) is 0 Å². The van der Waals surface area contributed by atoms with Gasteiger partial charge in [-0.1, -0.05) is 89.7 Å². The van der Waals surface area contributed by atoms with Crippen molar-refractivity contribution in [2.45, 2.75) is 104 Å². The minimum atomic E-state index is -2.54. The van der Waals surface area contributed by atoms with Crippen LogP contribution in [-0.4, -0.2) is 31.1 Å². The molecule has 0 fully saturated rings. The second kappa shape index (κ2) is 18.4. The summed E-state index contributed by atoms with van der Waals surface area (Å²) in [6.07, 6.45) is 13.3.